The van der Waals surface area contributed by atoms with E-state index >= 15 is 0 Å². The van der Waals surface area contributed by atoms with E-state index in [1.54, 1.807) is 0 Å². The lowest BCUT2D eigenvalue weighted by molar-refractivity contribution is -0.119. The van der Waals surface area contributed by atoms with Crippen LogP contribution in [-0.2, 0) is 11.2 Å². The van der Waals surface area contributed by atoms with Gasteiger partial charge in [-0.25, -0.2) is 0 Å². The molecule has 1 aromatic heterocycles. The Balaban J connectivity index is 0.000000396. The van der Waals surface area contributed by atoms with Gasteiger partial charge in [-0.2, -0.15) is 5.10 Å². The van der Waals surface area contributed by atoms with E-state index in [4.69, 9.17) is 0 Å². The second kappa shape index (κ2) is 3.84. The predicted molar refractivity (Wildman–Crippen MR) is 46.1 cm³/mol. The van der Waals surface area contributed by atoms with E-state index in [0.717, 1.165) is 0 Å². The largest absolute Gasteiger partial charge is 0.291 e. The lowest BCUT2D eigenvalue weighted by Gasteiger charge is -2.08. The van der Waals surface area contributed by atoms with Gasteiger partial charge in [0.25, 0.3) is 5.91 Å². The van der Waals surface area contributed by atoms with Gasteiger partial charge in [-0.3, -0.25) is 20.0 Å². The number of nitrogens with one attached hydrogen (secondary N) is 2. The highest BCUT2D eigenvalue weighted by molar-refractivity contribution is 6.08. The first-order chi connectivity index (χ1) is 6.27. The zero-order valence-corrected chi connectivity index (χ0v) is 7.55. The molecule has 1 aromatic rings. The zero-order chi connectivity index (χ0) is 9.84. The van der Waals surface area contributed by atoms with Crippen LogP contribution in [0.25, 0.3) is 0 Å². The Labute approximate surface area is 75.5 Å². The number of imide groups is 1. The average molecular weight is 181 g/mol. The maximum absolute atomic E-state index is 11.0. The van der Waals surface area contributed by atoms with Gasteiger partial charge in [-0.1, -0.05) is 13.8 Å². The molecule has 1 aliphatic heterocycles. The number of aromatic nitrogens is 2. The Morgan fingerprint density at radius 2 is 2.08 bits per heavy atom. The third-order valence-electron chi connectivity index (χ3n) is 1.55. The molecule has 70 valence electrons. The summed E-state index contributed by atoms with van der Waals surface area (Å²) < 4.78 is 0. The summed E-state index contributed by atoms with van der Waals surface area (Å²) in [7, 11) is 0. The molecule has 0 saturated heterocycles. The molecule has 0 fully saturated rings. The van der Waals surface area contributed by atoms with Crippen LogP contribution in [0.5, 0.6) is 0 Å². The summed E-state index contributed by atoms with van der Waals surface area (Å²) in [5, 5.41) is 8.34. The molecule has 0 atom stereocenters. The fourth-order valence-corrected chi connectivity index (χ4v) is 1.05. The van der Waals surface area contributed by atoms with Crippen LogP contribution in [0, 0.1) is 0 Å². The summed E-state index contributed by atoms with van der Waals surface area (Å²) in [5.41, 5.74) is 1.06. The van der Waals surface area contributed by atoms with Gasteiger partial charge in [0.15, 0.2) is 0 Å². The maximum atomic E-state index is 11.0. The SMILES string of the molecule is CC.O=C1Cc2cn[nH]c2C(=O)N1. The molecule has 1 aliphatic rings. The quantitative estimate of drug-likeness (QED) is 0.563. The molecule has 0 aromatic carbocycles. The van der Waals surface area contributed by atoms with Crippen molar-refractivity contribution >= 4 is 11.8 Å². The molecule has 0 aliphatic carbocycles. The monoisotopic (exact) mass is 181 g/mol. The molecule has 0 spiro atoms. The van der Waals surface area contributed by atoms with Gasteiger partial charge < -0.3 is 0 Å². The van der Waals surface area contributed by atoms with Crippen LogP contribution in [-0.4, -0.2) is 22.0 Å². The number of fused-ring (bicyclic) bond motifs is 1. The summed E-state index contributed by atoms with van der Waals surface area (Å²) in [4.78, 5) is 21.7. The Kier molecular flexibility index (Phi) is 2.79. The van der Waals surface area contributed by atoms with Crippen LogP contribution in [0.4, 0.5) is 0 Å². The van der Waals surface area contributed by atoms with Crippen LogP contribution < -0.4 is 5.32 Å². The topological polar surface area (TPSA) is 74.8 Å². The van der Waals surface area contributed by atoms with Crippen LogP contribution in [0.1, 0.15) is 29.9 Å². The molecule has 5 nitrogen and oxygen atoms in total. The lowest BCUT2D eigenvalue weighted by atomic mass is 10.1. The van der Waals surface area contributed by atoms with E-state index in [2.05, 4.69) is 15.5 Å². The van der Waals surface area contributed by atoms with Crippen molar-refractivity contribution in [1.82, 2.24) is 15.5 Å². The van der Waals surface area contributed by atoms with E-state index in [1.165, 1.54) is 6.20 Å². The van der Waals surface area contributed by atoms with Crippen molar-refractivity contribution < 1.29 is 9.59 Å². The molecule has 2 amide bonds. The molecular weight excluding hydrogens is 170 g/mol. The fourth-order valence-electron chi connectivity index (χ4n) is 1.05. The van der Waals surface area contributed by atoms with Crippen molar-refractivity contribution in [1.29, 1.82) is 0 Å². The van der Waals surface area contributed by atoms with Crippen LogP contribution in [0.2, 0.25) is 0 Å². The Morgan fingerprint density at radius 3 is 2.77 bits per heavy atom. The van der Waals surface area contributed by atoms with E-state index < -0.39 is 5.91 Å². The smallest absolute Gasteiger partial charge is 0.276 e. The molecule has 0 unspecified atom stereocenters. The summed E-state index contributed by atoms with van der Waals surface area (Å²) in [6, 6.07) is 0. The standard InChI is InChI=1S/C6H5N3O2.C2H6/c10-4-1-3-2-7-9-5(3)6(11)8-4;1-2/h2H,1H2,(H,7,9)(H,8,10,11);1-2H3. The number of hydrogen-bond donors (Lipinski definition) is 2. The maximum Gasteiger partial charge on any atom is 0.276 e. The number of rotatable bonds is 0. The molecule has 2 N–H and O–H groups in total. The van der Waals surface area contributed by atoms with Crippen molar-refractivity contribution in [2.75, 3.05) is 0 Å². The first-order valence-electron chi connectivity index (χ1n) is 4.14. The highest BCUT2D eigenvalue weighted by atomic mass is 16.2. The van der Waals surface area contributed by atoms with Gasteiger partial charge in [0.1, 0.15) is 5.69 Å². The number of aromatic amines is 1. The van der Waals surface area contributed by atoms with Crippen molar-refractivity contribution in [3.8, 4) is 0 Å². The molecule has 2 rings (SSSR count). The minimum Gasteiger partial charge on any atom is -0.291 e. The van der Waals surface area contributed by atoms with Crippen LogP contribution in [0.15, 0.2) is 6.20 Å². The minimum absolute atomic E-state index is 0.234. The summed E-state index contributed by atoms with van der Waals surface area (Å²) >= 11 is 0. The predicted octanol–water partition coefficient (Wildman–Crippen LogP) is 0.248. The summed E-state index contributed by atoms with van der Waals surface area (Å²) in [6.45, 7) is 4.00. The molecule has 0 saturated carbocycles. The number of carbonyl (C=O) groups is 2. The van der Waals surface area contributed by atoms with Crippen LogP contribution in [0.3, 0.4) is 0 Å². The van der Waals surface area contributed by atoms with Crippen molar-refractivity contribution in [3.05, 3.63) is 17.5 Å². The Morgan fingerprint density at radius 1 is 1.38 bits per heavy atom. The van der Waals surface area contributed by atoms with Crippen molar-refractivity contribution in [2.45, 2.75) is 20.3 Å². The molecular formula is C8H11N3O2. The van der Waals surface area contributed by atoms with Crippen molar-refractivity contribution in [2.24, 2.45) is 0 Å². The number of carbonyl (C=O) groups excluding carboxylic acids is 2. The van der Waals surface area contributed by atoms with Gasteiger partial charge in [0.05, 0.1) is 12.6 Å². The van der Waals surface area contributed by atoms with E-state index in [-0.39, 0.29) is 12.3 Å². The molecule has 0 bridgehead atoms. The van der Waals surface area contributed by atoms with E-state index in [9.17, 15) is 9.59 Å². The second-order valence-electron chi connectivity index (χ2n) is 2.32. The number of H-pyrrole nitrogens is 1. The Bertz CT molecular complexity index is 330. The highest BCUT2D eigenvalue weighted by Crippen LogP contribution is 2.09. The molecule has 2 heterocycles. The van der Waals surface area contributed by atoms with Gasteiger partial charge in [0.2, 0.25) is 5.91 Å². The Hall–Kier alpha value is -1.65. The molecule has 0 radical (unpaired) electrons. The van der Waals surface area contributed by atoms with Gasteiger partial charge in [0, 0.05) is 5.56 Å². The molecule has 5 heteroatoms. The van der Waals surface area contributed by atoms with Gasteiger partial charge in [-0.05, 0) is 0 Å². The van der Waals surface area contributed by atoms with Gasteiger partial charge in [-0.15, -0.1) is 0 Å². The first kappa shape index (κ1) is 9.44. The number of hydrogen-bond acceptors (Lipinski definition) is 3. The van der Waals surface area contributed by atoms with Gasteiger partial charge >= 0.3 is 0 Å². The third kappa shape index (κ3) is 1.74. The second-order valence-corrected chi connectivity index (χ2v) is 2.32. The van der Waals surface area contributed by atoms with Crippen LogP contribution >= 0.6 is 0 Å². The summed E-state index contributed by atoms with van der Waals surface area (Å²) in [5.74, 6) is -0.669. The van der Waals surface area contributed by atoms with E-state index in [1.807, 2.05) is 13.8 Å². The third-order valence-corrected chi connectivity index (χ3v) is 1.55. The van der Waals surface area contributed by atoms with E-state index in [0.29, 0.717) is 11.3 Å². The van der Waals surface area contributed by atoms with Crippen molar-refractivity contribution in [3.63, 3.8) is 0 Å². The zero-order valence-electron chi connectivity index (χ0n) is 7.55. The average Bonchev–Trinajstić information content (AvgIpc) is 2.55. The number of nitrogens with zero attached hydrogens (tertiary/aromatic N) is 1. The molecule has 13 heavy (non-hydrogen) atoms. The summed E-state index contributed by atoms with van der Waals surface area (Å²) in [6.07, 6.45) is 1.73. The first-order valence-corrected chi connectivity index (χ1v) is 4.14. The normalized spacial score (nSPS) is 14.0. The minimum atomic E-state index is -0.395. The lowest BCUT2D eigenvalue weighted by Crippen LogP contribution is -2.36. The fraction of sp³-hybridized carbons (Fsp3) is 0.375. The number of amides is 2. The highest BCUT2D eigenvalue weighted by Gasteiger charge is 2.23.